The van der Waals surface area contributed by atoms with E-state index in [-0.39, 0.29) is 34.4 Å². The van der Waals surface area contributed by atoms with Crippen molar-refractivity contribution in [3.8, 4) is 0 Å². The van der Waals surface area contributed by atoms with Gasteiger partial charge in [-0.2, -0.15) is 0 Å². The number of alkyl halides is 1. The number of benzene rings is 3. The lowest BCUT2D eigenvalue weighted by molar-refractivity contribution is -0.142. The Morgan fingerprint density at radius 3 is 2.52 bits per heavy atom. The van der Waals surface area contributed by atoms with E-state index in [0.29, 0.717) is 18.7 Å². The molecule has 7 nitrogen and oxygen atoms in total. The summed E-state index contributed by atoms with van der Waals surface area (Å²) in [5.74, 6) is -1.90. The number of fused-ring (bicyclic) bond motifs is 2. The molecular weight excluding hydrogens is 590 g/mol. The van der Waals surface area contributed by atoms with Crippen LogP contribution in [0.25, 0.3) is 10.8 Å². The van der Waals surface area contributed by atoms with Gasteiger partial charge in [-0.25, -0.2) is 0 Å². The van der Waals surface area contributed by atoms with Gasteiger partial charge in [0, 0.05) is 22.3 Å². The highest BCUT2D eigenvalue weighted by Crippen LogP contribution is 2.68. The van der Waals surface area contributed by atoms with Crippen molar-refractivity contribution in [3.05, 3.63) is 78.4 Å². The molecule has 3 unspecified atom stereocenters. The van der Waals surface area contributed by atoms with Crippen molar-refractivity contribution in [3.63, 3.8) is 0 Å². The van der Waals surface area contributed by atoms with E-state index in [1.807, 2.05) is 79.7 Å². The fraction of sp³-hybridized carbons (Fsp3) is 0.387. The zero-order chi connectivity index (χ0) is 28.0. The molecular formula is C31H32BrN3O4S. The maximum absolute atomic E-state index is 14.4. The van der Waals surface area contributed by atoms with Crippen LogP contribution in [0.15, 0.2) is 72.8 Å². The molecule has 2 bridgehead atoms. The summed E-state index contributed by atoms with van der Waals surface area (Å²) in [4.78, 5) is 43.8. The molecule has 208 valence electrons. The first-order valence-electron chi connectivity index (χ1n) is 13.8. The second-order valence-electron chi connectivity index (χ2n) is 10.9. The van der Waals surface area contributed by atoms with Gasteiger partial charge in [-0.05, 0) is 41.3 Å². The van der Waals surface area contributed by atoms with E-state index >= 15 is 0 Å². The van der Waals surface area contributed by atoms with Gasteiger partial charge in [0.1, 0.15) is 6.04 Å². The highest BCUT2D eigenvalue weighted by molar-refractivity contribution is 9.09. The van der Waals surface area contributed by atoms with Crippen LogP contribution >= 0.6 is 27.7 Å². The standard InChI is InChI=1S/C31H32BrN3O4S/c1-2-14-33-28(37)24-25-30(39)35(23(17-36)19-9-4-3-5-10-19)27(31(25)16-22(32)26(24)40-31)29(38)34-21-13-12-18-8-6-7-11-20(18)15-21/h3-13,15,22-27,36H,2,14,16-17H2,1H3,(H,33,37)(H,34,38)/t22?,23-,24+,25+,26+,27?,31?/m1/s1. The number of likely N-dealkylation sites (tertiary alicyclic amines) is 1. The van der Waals surface area contributed by atoms with Gasteiger partial charge in [-0.3, -0.25) is 14.4 Å². The van der Waals surface area contributed by atoms with Crippen molar-refractivity contribution < 1.29 is 19.5 Å². The lowest BCUT2D eigenvalue weighted by Gasteiger charge is -2.37. The van der Waals surface area contributed by atoms with Gasteiger partial charge in [-0.15, -0.1) is 11.8 Å². The van der Waals surface area contributed by atoms with Crippen LogP contribution in [0, 0.1) is 11.8 Å². The Balaban J connectivity index is 1.42. The van der Waals surface area contributed by atoms with E-state index < -0.39 is 28.7 Å². The average Bonchev–Trinajstić information content (AvgIpc) is 3.56. The van der Waals surface area contributed by atoms with Crippen LogP contribution in [0.1, 0.15) is 31.4 Å². The molecule has 3 aromatic rings. The molecule has 3 amide bonds. The normalized spacial score (nSPS) is 29.4. The number of aliphatic hydroxyl groups is 1. The number of carbonyl (C=O) groups is 3. The number of hydrogen-bond donors (Lipinski definition) is 3. The Morgan fingerprint density at radius 1 is 1.07 bits per heavy atom. The molecule has 3 fully saturated rings. The fourth-order valence-electron chi connectivity index (χ4n) is 6.88. The van der Waals surface area contributed by atoms with E-state index in [0.717, 1.165) is 22.8 Å². The van der Waals surface area contributed by atoms with Crippen LogP contribution in [-0.2, 0) is 14.4 Å². The van der Waals surface area contributed by atoms with Crippen molar-refractivity contribution >= 4 is 61.9 Å². The van der Waals surface area contributed by atoms with Crippen LogP contribution < -0.4 is 10.6 Å². The Labute approximate surface area is 246 Å². The number of amides is 3. The molecule has 0 radical (unpaired) electrons. The monoisotopic (exact) mass is 621 g/mol. The molecule has 7 atom stereocenters. The number of thioether (sulfide) groups is 1. The Bertz CT molecular complexity index is 1450. The number of halogens is 1. The molecule has 3 aliphatic rings. The van der Waals surface area contributed by atoms with Gasteiger partial charge in [0.05, 0.1) is 29.2 Å². The maximum atomic E-state index is 14.4. The summed E-state index contributed by atoms with van der Waals surface area (Å²) in [7, 11) is 0. The number of nitrogens with zero attached hydrogens (tertiary/aromatic N) is 1. The molecule has 3 aliphatic heterocycles. The summed E-state index contributed by atoms with van der Waals surface area (Å²) in [6.07, 6.45) is 1.37. The van der Waals surface area contributed by atoms with Crippen LogP contribution in [0.2, 0.25) is 0 Å². The second kappa shape index (κ2) is 10.8. The Kier molecular flexibility index (Phi) is 7.39. The first kappa shape index (κ1) is 27.3. The molecule has 3 aromatic carbocycles. The Hall–Kier alpha value is -2.88. The van der Waals surface area contributed by atoms with Gasteiger partial charge >= 0.3 is 0 Å². The zero-order valence-electron chi connectivity index (χ0n) is 22.1. The second-order valence-corrected chi connectivity index (χ2v) is 13.6. The smallest absolute Gasteiger partial charge is 0.248 e. The number of aliphatic hydroxyl groups excluding tert-OH is 1. The summed E-state index contributed by atoms with van der Waals surface area (Å²) in [5.41, 5.74) is 1.39. The molecule has 0 aromatic heterocycles. The maximum Gasteiger partial charge on any atom is 0.248 e. The fourth-order valence-corrected chi connectivity index (χ4v) is 10.5. The first-order chi connectivity index (χ1) is 19.4. The molecule has 3 heterocycles. The third kappa shape index (κ3) is 4.33. The number of rotatable bonds is 8. The largest absolute Gasteiger partial charge is 0.394 e. The van der Waals surface area contributed by atoms with Gasteiger partial charge < -0.3 is 20.6 Å². The third-order valence-electron chi connectivity index (χ3n) is 8.54. The van der Waals surface area contributed by atoms with Crippen molar-refractivity contribution in [2.24, 2.45) is 11.8 Å². The van der Waals surface area contributed by atoms with Crippen molar-refractivity contribution in [2.75, 3.05) is 18.5 Å². The lowest BCUT2D eigenvalue weighted by atomic mass is 9.70. The lowest BCUT2D eigenvalue weighted by Crippen LogP contribution is -2.53. The predicted octanol–water partition coefficient (Wildman–Crippen LogP) is 4.50. The van der Waals surface area contributed by atoms with Gasteiger partial charge in [0.2, 0.25) is 17.7 Å². The zero-order valence-corrected chi connectivity index (χ0v) is 24.5. The molecule has 40 heavy (non-hydrogen) atoms. The number of anilines is 1. The van der Waals surface area contributed by atoms with Crippen molar-refractivity contribution in [1.29, 1.82) is 0 Å². The molecule has 3 saturated heterocycles. The van der Waals surface area contributed by atoms with E-state index in [1.54, 1.807) is 16.7 Å². The van der Waals surface area contributed by atoms with Crippen molar-refractivity contribution in [1.82, 2.24) is 10.2 Å². The van der Waals surface area contributed by atoms with E-state index in [4.69, 9.17) is 0 Å². The SMILES string of the molecule is CCCNC(=O)[C@H]1[C@H]2C(=O)N([C@H](CO)c3ccccc3)C(C(=O)Nc3ccc4ccccc4c3)C23CC(Br)[C@@H]1S3. The van der Waals surface area contributed by atoms with Crippen molar-refractivity contribution in [2.45, 2.75) is 46.7 Å². The van der Waals surface area contributed by atoms with Gasteiger partial charge in [-0.1, -0.05) is 83.5 Å². The highest BCUT2D eigenvalue weighted by Gasteiger charge is 2.76. The molecule has 9 heteroatoms. The van der Waals surface area contributed by atoms with E-state index in [1.165, 1.54) is 0 Å². The van der Waals surface area contributed by atoms with E-state index in [9.17, 15) is 19.5 Å². The minimum absolute atomic E-state index is 0.0147. The third-order valence-corrected chi connectivity index (χ3v) is 11.8. The minimum atomic E-state index is -0.868. The number of carbonyl (C=O) groups excluding carboxylic acids is 3. The topological polar surface area (TPSA) is 98.7 Å². The summed E-state index contributed by atoms with van der Waals surface area (Å²) in [6.45, 7) is 2.19. The molecule has 6 rings (SSSR count). The summed E-state index contributed by atoms with van der Waals surface area (Å²) >= 11 is 5.40. The first-order valence-corrected chi connectivity index (χ1v) is 15.6. The van der Waals surface area contributed by atoms with Crippen LogP contribution in [0.5, 0.6) is 0 Å². The number of nitrogens with one attached hydrogen (secondary N) is 2. The number of hydrogen-bond acceptors (Lipinski definition) is 5. The summed E-state index contributed by atoms with van der Waals surface area (Å²) in [5, 5.41) is 18.7. The predicted molar refractivity (Wildman–Crippen MR) is 161 cm³/mol. The molecule has 0 aliphatic carbocycles. The van der Waals surface area contributed by atoms with E-state index in [2.05, 4.69) is 26.6 Å². The quantitative estimate of drug-likeness (QED) is 0.322. The summed E-state index contributed by atoms with van der Waals surface area (Å²) in [6, 6.07) is 21.4. The van der Waals surface area contributed by atoms with Crippen LogP contribution in [0.3, 0.4) is 0 Å². The highest BCUT2D eigenvalue weighted by atomic mass is 79.9. The van der Waals surface area contributed by atoms with Crippen LogP contribution in [-0.4, -0.2) is 61.7 Å². The summed E-state index contributed by atoms with van der Waals surface area (Å²) < 4.78 is -0.798. The molecule has 3 N–H and O–H groups in total. The van der Waals surface area contributed by atoms with Gasteiger partial charge in [0.15, 0.2) is 0 Å². The molecule has 1 spiro atoms. The average molecular weight is 623 g/mol. The van der Waals surface area contributed by atoms with Gasteiger partial charge in [0.25, 0.3) is 0 Å². The molecule has 0 saturated carbocycles. The Morgan fingerprint density at radius 2 is 1.80 bits per heavy atom. The minimum Gasteiger partial charge on any atom is -0.394 e. The van der Waals surface area contributed by atoms with Crippen LogP contribution in [0.4, 0.5) is 5.69 Å².